The Morgan fingerprint density at radius 1 is 1.32 bits per heavy atom. The fourth-order valence-electron chi connectivity index (χ4n) is 1.94. The smallest absolute Gasteiger partial charge is 0.128 e. The Hall–Kier alpha value is -1.52. The fraction of sp³-hybridized carbons (Fsp3) is 0.267. The van der Waals surface area contributed by atoms with Crippen molar-refractivity contribution in [1.82, 2.24) is 10.3 Å². The highest BCUT2D eigenvalue weighted by Crippen LogP contribution is 2.26. The van der Waals surface area contributed by atoms with E-state index in [4.69, 9.17) is 5.73 Å². The molecular weight excluding hydrogens is 254 g/mol. The van der Waals surface area contributed by atoms with Crippen molar-refractivity contribution >= 4 is 17.6 Å². The van der Waals surface area contributed by atoms with Gasteiger partial charge in [-0.2, -0.15) is 0 Å². The first-order valence-electron chi connectivity index (χ1n) is 6.28. The Balaban J connectivity index is 2.06. The third kappa shape index (κ3) is 3.72. The highest BCUT2D eigenvalue weighted by atomic mass is 32.2. The van der Waals surface area contributed by atoms with Gasteiger partial charge in [-0.3, -0.25) is 0 Å². The van der Waals surface area contributed by atoms with E-state index >= 15 is 0 Å². The Kier molecular flexibility index (Phi) is 4.82. The van der Waals surface area contributed by atoms with Crippen LogP contribution in [0.3, 0.4) is 0 Å². The summed E-state index contributed by atoms with van der Waals surface area (Å²) in [6.45, 7) is 2.11. The first kappa shape index (κ1) is 13.9. The summed E-state index contributed by atoms with van der Waals surface area (Å²) in [7, 11) is 1.95. The van der Waals surface area contributed by atoms with Gasteiger partial charge in [-0.25, -0.2) is 4.98 Å². The second kappa shape index (κ2) is 6.59. The minimum Gasteiger partial charge on any atom is -0.383 e. The number of nitrogen functional groups attached to an aromatic ring is 1. The van der Waals surface area contributed by atoms with Crippen LogP contribution in [0.25, 0.3) is 0 Å². The predicted octanol–water partition coefficient (Wildman–Crippen LogP) is 3.03. The molecule has 1 aromatic heterocycles. The largest absolute Gasteiger partial charge is 0.383 e. The molecule has 0 amide bonds. The molecule has 0 aliphatic heterocycles. The van der Waals surface area contributed by atoms with Gasteiger partial charge in [0.25, 0.3) is 0 Å². The number of anilines is 1. The van der Waals surface area contributed by atoms with E-state index in [2.05, 4.69) is 41.5 Å². The number of nitrogens with zero attached hydrogens (tertiary/aromatic N) is 1. The number of nitrogens with two attached hydrogens (primary N) is 1. The molecule has 2 aromatic rings. The van der Waals surface area contributed by atoms with E-state index in [9.17, 15) is 0 Å². The summed E-state index contributed by atoms with van der Waals surface area (Å²) in [6.07, 6.45) is 1.72. The van der Waals surface area contributed by atoms with Gasteiger partial charge in [-0.15, -0.1) is 11.8 Å². The van der Waals surface area contributed by atoms with Crippen molar-refractivity contribution in [2.75, 3.05) is 18.5 Å². The summed E-state index contributed by atoms with van der Waals surface area (Å²) in [5.74, 6) is 1.53. The van der Waals surface area contributed by atoms with Gasteiger partial charge in [0.2, 0.25) is 0 Å². The lowest BCUT2D eigenvalue weighted by Crippen LogP contribution is -2.20. The summed E-state index contributed by atoms with van der Waals surface area (Å²) in [5.41, 5.74) is 8.27. The molecule has 0 aliphatic carbocycles. The van der Waals surface area contributed by atoms with Crippen molar-refractivity contribution < 1.29 is 0 Å². The lowest BCUT2D eigenvalue weighted by Gasteiger charge is -2.17. The van der Waals surface area contributed by atoms with Gasteiger partial charge in [-0.1, -0.05) is 23.8 Å². The third-order valence-corrected chi connectivity index (χ3v) is 4.09. The molecule has 1 aromatic carbocycles. The van der Waals surface area contributed by atoms with Crippen molar-refractivity contribution in [2.24, 2.45) is 0 Å². The van der Waals surface area contributed by atoms with Gasteiger partial charge in [0.1, 0.15) is 5.82 Å². The number of thioether (sulfide) groups is 1. The Morgan fingerprint density at radius 3 is 2.84 bits per heavy atom. The van der Waals surface area contributed by atoms with Crippen molar-refractivity contribution in [2.45, 2.75) is 17.9 Å². The summed E-state index contributed by atoms with van der Waals surface area (Å²) in [4.78, 5) is 5.43. The number of nitrogens with one attached hydrogen (secondary N) is 1. The number of hydrogen-bond acceptors (Lipinski definition) is 4. The zero-order valence-corrected chi connectivity index (χ0v) is 12.1. The third-order valence-electron chi connectivity index (χ3n) is 3.00. The van der Waals surface area contributed by atoms with Crippen LogP contribution in [0.5, 0.6) is 0 Å². The molecule has 0 saturated heterocycles. The molecule has 0 radical (unpaired) electrons. The van der Waals surface area contributed by atoms with Gasteiger partial charge in [0, 0.05) is 28.5 Å². The molecule has 2 rings (SSSR count). The monoisotopic (exact) mass is 273 g/mol. The molecule has 0 aliphatic rings. The van der Waals surface area contributed by atoms with E-state index in [1.807, 2.05) is 30.9 Å². The second-order valence-electron chi connectivity index (χ2n) is 4.45. The summed E-state index contributed by atoms with van der Waals surface area (Å²) >= 11 is 1.82. The molecule has 0 saturated carbocycles. The molecule has 4 heteroatoms. The minimum atomic E-state index is 0.208. The predicted molar refractivity (Wildman–Crippen MR) is 82.4 cm³/mol. The molecule has 1 atom stereocenters. The van der Waals surface area contributed by atoms with E-state index in [0.717, 1.165) is 11.3 Å². The van der Waals surface area contributed by atoms with Crippen molar-refractivity contribution in [3.05, 3.63) is 53.7 Å². The van der Waals surface area contributed by atoms with Gasteiger partial charge in [0.15, 0.2) is 0 Å². The first-order valence-corrected chi connectivity index (χ1v) is 7.26. The zero-order valence-electron chi connectivity index (χ0n) is 11.3. The number of aryl methyl sites for hydroxylation is 1. The maximum atomic E-state index is 5.93. The van der Waals surface area contributed by atoms with Crippen LogP contribution in [-0.2, 0) is 0 Å². The summed E-state index contributed by atoms with van der Waals surface area (Å²) in [6, 6.07) is 12.7. The maximum absolute atomic E-state index is 5.93. The van der Waals surface area contributed by atoms with Gasteiger partial charge in [-0.05, 0) is 32.2 Å². The molecule has 3 N–H and O–H groups in total. The highest BCUT2D eigenvalue weighted by molar-refractivity contribution is 7.99. The fourth-order valence-corrected chi connectivity index (χ4v) is 3.09. The van der Waals surface area contributed by atoms with Crippen LogP contribution in [-0.4, -0.2) is 17.8 Å². The highest BCUT2D eigenvalue weighted by Gasteiger charge is 2.13. The normalized spacial score (nSPS) is 12.3. The van der Waals surface area contributed by atoms with Crippen molar-refractivity contribution in [1.29, 1.82) is 0 Å². The Bertz CT molecular complexity index is 542. The second-order valence-corrected chi connectivity index (χ2v) is 5.54. The standard InChI is InChI=1S/C15H19N3S/c1-11-5-3-6-12(9-11)19-10-14(17-2)13-7-4-8-18-15(13)16/h3-9,14,17H,10H2,1-2H3,(H2,16,18). The number of benzene rings is 1. The Labute approximate surface area is 118 Å². The number of rotatable bonds is 5. The SMILES string of the molecule is CNC(CSc1cccc(C)c1)c1cccnc1N. The topological polar surface area (TPSA) is 50.9 Å². The maximum Gasteiger partial charge on any atom is 0.128 e. The van der Waals surface area contributed by atoms with Crippen LogP contribution in [0.15, 0.2) is 47.5 Å². The minimum absolute atomic E-state index is 0.208. The molecule has 0 spiro atoms. The van der Waals surface area contributed by atoms with Crippen LogP contribution in [0, 0.1) is 6.92 Å². The van der Waals surface area contributed by atoms with Crippen molar-refractivity contribution in [3.63, 3.8) is 0 Å². The average molecular weight is 273 g/mol. The van der Waals surface area contributed by atoms with Crippen LogP contribution in [0.1, 0.15) is 17.2 Å². The summed E-state index contributed by atoms with van der Waals surface area (Å²) < 4.78 is 0. The molecule has 100 valence electrons. The molecule has 0 fully saturated rings. The Morgan fingerprint density at radius 2 is 2.16 bits per heavy atom. The zero-order chi connectivity index (χ0) is 13.7. The van der Waals surface area contributed by atoms with Gasteiger partial charge >= 0.3 is 0 Å². The van der Waals surface area contributed by atoms with Gasteiger partial charge < -0.3 is 11.1 Å². The van der Waals surface area contributed by atoms with E-state index in [0.29, 0.717) is 5.82 Å². The number of pyridine rings is 1. The van der Waals surface area contributed by atoms with Crippen LogP contribution in [0.2, 0.25) is 0 Å². The molecule has 0 bridgehead atoms. The number of aromatic nitrogens is 1. The first-order chi connectivity index (χ1) is 9.20. The van der Waals surface area contributed by atoms with Crippen LogP contribution >= 0.6 is 11.8 Å². The van der Waals surface area contributed by atoms with Gasteiger partial charge in [0.05, 0.1) is 0 Å². The molecule has 19 heavy (non-hydrogen) atoms. The molecule has 1 heterocycles. The van der Waals surface area contributed by atoms with Crippen LogP contribution < -0.4 is 11.1 Å². The lowest BCUT2D eigenvalue weighted by molar-refractivity contribution is 0.661. The average Bonchev–Trinajstić information content (AvgIpc) is 2.41. The van der Waals surface area contributed by atoms with E-state index < -0.39 is 0 Å². The molecule has 3 nitrogen and oxygen atoms in total. The van der Waals surface area contributed by atoms with E-state index in [1.165, 1.54) is 10.5 Å². The van der Waals surface area contributed by atoms with Crippen LogP contribution in [0.4, 0.5) is 5.82 Å². The summed E-state index contributed by atoms with van der Waals surface area (Å²) in [5, 5.41) is 3.30. The van der Waals surface area contributed by atoms with E-state index in [-0.39, 0.29) is 6.04 Å². The quantitative estimate of drug-likeness (QED) is 0.822. The van der Waals surface area contributed by atoms with E-state index in [1.54, 1.807) is 6.20 Å². The lowest BCUT2D eigenvalue weighted by atomic mass is 10.1. The molecular formula is C15H19N3S. The number of hydrogen-bond donors (Lipinski definition) is 2. The molecule has 1 unspecified atom stereocenters. The van der Waals surface area contributed by atoms with Crippen molar-refractivity contribution in [3.8, 4) is 0 Å².